The van der Waals surface area contributed by atoms with E-state index in [0.717, 1.165) is 122 Å². The van der Waals surface area contributed by atoms with Crippen LogP contribution in [0.25, 0.3) is 0 Å². The second-order valence-electron chi connectivity index (χ2n) is 18.5. The number of ether oxygens (including phenoxy) is 3. The van der Waals surface area contributed by atoms with Crippen LogP contribution in [-0.4, -0.2) is 37.2 Å². The van der Waals surface area contributed by atoms with Crippen molar-refractivity contribution in [3.63, 3.8) is 0 Å². The summed E-state index contributed by atoms with van der Waals surface area (Å²) in [6, 6.07) is 0. The Kier molecular flexibility index (Phi) is 53.4. The highest BCUT2D eigenvalue weighted by atomic mass is 16.6. The van der Waals surface area contributed by atoms with E-state index in [0.29, 0.717) is 12.8 Å². The lowest BCUT2D eigenvalue weighted by Crippen LogP contribution is -2.30. The number of rotatable bonds is 50. The molecular formula is C63H104O6. The Morgan fingerprint density at radius 2 is 0.609 bits per heavy atom. The molecule has 6 nitrogen and oxygen atoms in total. The van der Waals surface area contributed by atoms with Gasteiger partial charge in [0.2, 0.25) is 0 Å². The SMILES string of the molecule is CC/C=C\C/C=C\C/C=C\C/C=C\CCCCCC(=O)OC(COC(=O)CCCCCCCC/C=C\C/C=C\C/C=C\CC)COC(=O)CCCCCCCCCCCC/C=C\C=C/CCCCC. The first-order valence-electron chi connectivity index (χ1n) is 28.4. The minimum absolute atomic E-state index is 0.0985. The highest BCUT2D eigenvalue weighted by molar-refractivity contribution is 5.71. The van der Waals surface area contributed by atoms with Gasteiger partial charge in [-0.05, 0) is 116 Å². The van der Waals surface area contributed by atoms with Gasteiger partial charge in [0.25, 0.3) is 0 Å². The zero-order valence-electron chi connectivity index (χ0n) is 44.8. The van der Waals surface area contributed by atoms with Crippen LogP contribution in [0.3, 0.4) is 0 Å². The average Bonchev–Trinajstić information content (AvgIpc) is 3.35. The first-order valence-corrected chi connectivity index (χ1v) is 28.4. The molecule has 0 heterocycles. The predicted octanol–water partition coefficient (Wildman–Crippen LogP) is 19.1. The summed E-state index contributed by atoms with van der Waals surface area (Å²) in [4.78, 5) is 38.2. The molecule has 0 aromatic heterocycles. The summed E-state index contributed by atoms with van der Waals surface area (Å²) in [7, 11) is 0. The number of hydrogen-bond acceptors (Lipinski definition) is 6. The molecule has 0 N–H and O–H groups in total. The molecule has 0 spiro atoms. The molecule has 0 aliphatic carbocycles. The second-order valence-corrected chi connectivity index (χ2v) is 18.5. The van der Waals surface area contributed by atoms with Crippen molar-refractivity contribution in [2.75, 3.05) is 13.2 Å². The van der Waals surface area contributed by atoms with E-state index in [9.17, 15) is 14.4 Å². The van der Waals surface area contributed by atoms with E-state index in [1.54, 1.807) is 0 Å². The van der Waals surface area contributed by atoms with Crippen molar-refractivity contribution >= 4 is 17.9 Å². The maximum absolute atomic E-state index is 12.8. The first kappa shape index (κ1) is 65.1. The highest BCUT2D eigenvalue weighted by Gasteiger charge is 2.19. The minimum atomic E-state index is -0.804. The maximum atomic E-state index is 12.8. The number of unbranched alkanes of at least 4 members (excludes halogenated alkanes) is 22. The van der Waals surface area contributed by atoms with Gasteiger partial charge in [0, 0.05) is 19.3 Å². The Hall–Kier alpha value is -3.93. The third-order valence-corrected chi connectivity index (χ3v) is 11.8. The molecule has 69 heavy (non-hydrogen) atoms. The summed E-state index contributed by atoms with van der Waals surface area (Å²) in [5, 5.41) is 0. The van der Waals surface area contributed by atoms with E-state index in [1.807, 2.05) is 0 Å². The second kappa shape index (κ2) is 56.7. The van der Waals surface area contributed by atoms with Gasteiger partial charge in [-0.25, -0.2) is 0 Å². The quantitative estimate of drug-likeness (QED) is 0.0199. The largest absolute Gasteiger partial charge is 0.462 e. The molecule has 0 saturated carbocycles. The molecule has 0 aliphatic heterocycles. The lowest BCUT2D eigenvalue weighted by atomic mass is 10.1. The van der Waals surface area contributed by atoms with E-state index in [4.69, 9.17) is 14.2 Å². The summed E-state index contributed by atoms with van der Waals surface area (Å²) < 4.78 is 16.8. The number of carbonyl (C=O) groups excluding carboxylic acids is 3. The maximum Gasteiger partial charge on any atom is 0.306 e. The zero-order valence-corrected chi connectivity index (χ0v) is 44.8. The summed E-state index contributed by atoms with van der Waals surface area (Å²) in [6.07, 6.45) is 76.4. The van der Waals surface area contributed by atoms with Crippen LogP contribution in [0.15, 0.2) is 109 Å². The van der Waals surface area contributed by atoms with Gasteiger partial charge < -0.3 is 14.2 Å². The van der Waals surface area contributed by atoms with Crippen LogP contribution in [0.1, 0.15) is 252 Å². The molecule has 1 atom stereocenters. The third kappa shape index (κ3) is 54.9. The molecule has 0 aromatic carbocycles. The standard InChI is InChI=1S/C63H104O6/c1-4-7-10-13-16-19-22-25-28-31-32-33-36-38-41-44-47-50-53-56-62(65)68-59-60(69-63(66)57-54-51-48-45-42-39-35-30-27-24-21-18-15-12-9-6-3)58-67-61(64)55-52-49-46-43-40-37-34-29-26-23-20-17-14-11-8-5-2/h8-9,11-12,16-22,25-27,29-30,39,42,60H,4-7,10,13-15,23-24,28,31-38,40-41,43-59H2,1-3H3/b11-8-,12-9-,19-16-,20-17-,21-18-,25-22-,29-26-,30-27-,42-39-. The molecule has 0 aliphatic rings. The summed E-state index contributed by atoms with van der Waals surface area (Å²) in [5.41, 5.74) is 0. The molecule has 392 valence electrons. The van der Waals surface area contributed by atoms with Crippen LogP contribution in [0.2, 0.25) is 0 Å². The molecule has 0 bridgehead atoms. The highest BCUT2D eigenvalue weighted by Crippen LogP contribution is 2.14. The van der Waals surface area contributed by atoms with Crippen LogP contribution in [-0.2, 0) is 28.6 Å². The summed E-state index contributed by atoms with van der Waals surface area (Å²) in [5.74, 6) is -0.946. The minimum Gasteiger partial charge on any atom is -0.462 e. The molecule has 0 amide bonds. The molecule has 0 saturated heterocycles. The van der Waals surface area contributed by atoms with Gasteiger partial charge in [-0.3, -0.25) is 14.4 Å². The van der Waals surface area contributed by atoms with Crippen molar-refractivity contribution in [1.29, 1.82) is 0 Å². The van der Waals surface area contributed by atoms with E-state index in [-0.39, 0.29) is 37.5 Å². The topological polar surface area (TPSA) is 78.9 Å². The predicted molar refractivity (Wildman–Crippen MR) is 297 cm³/mol. The molecular weight excluding hydrogens is 853 g/mol. The van der Waals surface area contributed by atoms with Crippen molar-refractivity contribution in [2.24, 2.45) is 0 Å². The van der Waals surface area contributed by atoms with Gasteiger partial charge in [0.05, 0.1) is 0 Å². The van der Waals surface area contributed by atoms with Gasteiger partial charge >= 0.3 is 17.9 Å². The fourth-order valence-electron chi connectivity index (χ4n) is 7.56. The van der Waals surface area contributed by atoms with Gasteiger partial charge in [-0.1, -0.05) is 226 Å². The van der Waals surface area contributed by atoms with E-state index in [1.165, 1.54) is 89.9 Å². The Morgan fingerprint density at radius 3 is 0.986 bits per heavy atom. The summed E-state index contributed by atoms with van der Waals surface area (Å²) in [6.45, 7) is 6.35. The van der Waals surface area contributed by atoms with Gasteiger partial charge in [0.15, 0.2) is 6.10 Å². The zero-order chi connectivity index (χ0) is 50.0. The Balaban J connectivity index is 4.46. The van der Waals surface area contributed by atoms with Gasteiger partial charge in [0.1, 0.15) is 13.2 Å². The average molecular weight is 958 g/mol. The van der Waals surface area contributed by atoms with Crippen LogP contribution >= 0.6 is 0 Å². The molecule has 0 radical (unpaired) electrons. The van der Waals surface area contributed by atoms with Crippen molar-refractivity contribution in [2.45, 2.75) is 258 Å². The fraction of sp³-hybridized carbons (Fsp3) is 0.667. The Labute approximate surface area is 425 Å². The van der Waals surface area contributed by atoms with E-state index < -0.39 is 6.10 Å². The van der Waals surface area contributed by atoms with Crippen molar-refractivity contribution < 1.29 is 28.6 Å². The Morgan fingerprint density at radius 1 is 0.319 bits per heavy atom. The smallest absolute Gasteiger partial charge is 0.306 e. The molecule has 0 fully saturated rings. The monoisotopic (exact) mass is 957 g/mol. The molecule has 0 aromatic rings. The number of esters is 3. The van der Waals surface area contributed by atoms with Gasteiger partial charge in [-0.15, -0.1) is 0 Å². The summed E-state index contributed by atoms with van der Waals surface area (Å²) >= 11 is 0. The number of hydrogen-bond donors (Lipinski definition) is 0. The lowest BCUT2D eigenvalue weighted by molar-refractivity contribution is -0.167. The lowest BCUT2D eigenvalue weighted by Gasteiger charge is -2.18. The van der Waals surface area contributed by atoms with Crippen LogP contribution in [0.4, 0.5) is 0 Å². The van der Waals surface area contributed by atoms with Gasteiger partial charge in [-0.2, -0.15) is 0 Å². The third-order valence-electron chi connectivity index (χ3n) is 11.8. The number of allylic oxidation sites excluding steroid dienone is 18. The number of carbonyl (C=O) groups is 3. The van der Waals surface area contributed by atoms with Crippen LogP contribution in [0, 0.1) is 0 Å². The van der Waals surface area contributed by atoms with Crippen molar-refractivity contribution in [3.8, 4) is 0 Å². The first-order chi connectivity index (χ1) is 34.0. The normalized spacial score (nSPS) is 12.9. The molecule has 0 rings (SSSR count). The van der Waals surface area contributed by atoms with E-state index >= 15 is 0 Å². The molecule has 6 heteroatoms. The Bertz CT molecular complexity index is 1420. The van der Waals surface area contributed by atoms with Crippen LogP contribution in [0.5, 0.6) is 0 Å². The van der Waals surface area contributed by atoms with Crippen molar-refractivity contribution in [1.82, 2.24) is 0 Å². The fourth-order valence-corrected chi connectivity index (χ4v) is 7.56. The molecule has 1 unspecified atom stereocenters. The van der Waals surface area contributed by atoms with E-state index in [2.05, 4.69) is 130 Å². The van der Waals surface area contributed by atoms with Crippen molar-refractivity contribution in [3.05, 3.63) is 109 Å². The van der Waals surface area contributed by atoms with Crippen LogP contribution < -0.4 is 0 Å².